The van der Waals surface area contributed by atoms with Crippen LogP contribution in [-0.4, -0.2) is 50.4 Å². The van der Waals surface area contributed by atoms with Gasteiger partial charge in [0.05, 0.1) is 10.7 Å². The van der Waals surface area contributed by atoms with Crippen molar-refractivity contribution >= 4 is 29.2 Å². The maximum Gasteiger partial charge on any atom is 0.328 e. The molecule has 41 heavy (non-hydrogen) atoms. The molecule has 1 unspecified atom stereocenters. The van der Waals surface area contributed by atoms with Gasteiger partial charge in [0.1, 0.15) is 29.5 Å². The number of aliphatic carboxylic acids is 1. The van der Waals surface area contributed by atoms with Crippen LogP contribution >= 0.6 is 11.6 Å². The molecule has 5 rings (SSSR count). The van der Waals surface area contributed by atoms with E-state index in [1.807, 2.05) is 12.1 Å². The van der Waals surface area contributed by atoms with Gasteiger partial charge in [-0.05, 0) is 74.4 Å². The van der Waals surface area contributed by atoms with Gasteiger partial charge in [0, 0.05) is 35.6 Å². The molecule has 2 N–H and O–H groups in total. The summed E-state index contributed by atoms with van der Waals surface area (Å²) in [5.41, 5.74) is 2.51. The SMILES string of the molecule is CC(C)(Nc1ccc(CCN2C(=O)COC2c2cn(-c3ccc(Cl)c(F)c3)nc2-c2ccc(F)cc2)cc1)C(=O)O. The average molecular weight is 581 g/mol. The summed E-state index contributed by atoms with van der Waals surface area (Å²) in [6, 6.07) is 17.4. The third-order valence-corrected chi connectivity index (χ3v) is 7.16. The van der Waals surface area contributed by atoms with Crippen molar-refractivity contribution in [2.24, 2.45) is 0 Å². The van der Waals surface area contributed by atoms with E-state index in [0.717, 1.165) is 5.56 Å². The van der Waals surface area contributed by atoms with Crippen molar-refractivity contribution in [1.82, 2.24) is 14.7 Å². The Balaban J connectivity index is 1.41. The lowest BCUT2D eigenvalue weighted by molar-refractivity contribution is -0.141. The highest BCUT2D eigenvalue weighted by Crippen LogP contribution is 2.36. The van der Waals surface area contributed by atoms with E-state index in [2.05, 4.69) is 10.4 Å². The molecule has 11 heteroatoms. The average Bonchev–Trinajstić information content (AvgIpc) is 3.53. The number of hydrogen-bond acceptors (Lipinski definition) is 5. The third kappa shape index (κ3) is 6.08. The standard InChI is InChI=1S/C30H27ClF2N4O4/c1-30(2,29(39)40)34-21-9-3-18(4-10-21)13-14-36-26(38)17-41-28(36)23-16-37(22-11-12-24(31)25(33)15-22)35-27(23)19-5-7-20(32)8-6-19/h3-12,15-16,28,34H,13-14,17H2,1-2H3,(H,39,40). The van der Waals surface area contributed by atoms with Gasteiger partial charge in [0.2, 0.25) is 0 Å². The number of ether oxygens (including phenoxy) is 1. The number of benzene rings is 3. The fraction of sp³-hybridized carbons (Fsp3) is 0.233. The second-order valence-corrected chi connectivity index (χ2v) is 10.6. The Morgan fingerprint density at radius 2 is 1.83 bits per heavy atom. The van der Waals surface area contributed by atoms with Crippen LogP contribution in [0.4, 0.5) is 14.5 Å². The van der Waals surface area contributed by atoms with Crippen LogP contribution in [0.2, 0.25) is 5.02 Å². The monoisotopic (exact) mass is 580 g/mol. The number of carboxylic acid groups (broad SMARTS) is 1. The first-order valence-corrected chi connectivity index (χ1v) is 13.2. The van der Waals surface area contributed by atoms with Crippen LogP contribution in [0, 0.1) is 11.6 Å². The van der Waals surface area contributed by atoms with Crippen molar-refractivity contribution in [1.29, 1.82) is 0 Å². The molecule has 8 nitrogen and oxygen atoms in total. The molecule has 0 radical (unpaired) electrons. The Kier molecular flexibility index (Phi) is 7.79. The number of halogens is 3. The largest absolute Gasteiger partial charge is 0.480 e. The zero-order valence-electron chi connectivity index (χ0n) is 22.3. The van der Waals surface area contributed by atoms with Gasteiger partial charge in [-0.2, -0.15) is 5.10 Å². The van der Waals surface area contributed by atoms with Crippen LogP contribution in [0.15, 0.2) is 72.9 Å². The Bertz CT molecular complexity index is 1590. The summed E-state index contributed by atoms with van der Waals surface area (Å²) in [5.74, 6) is -2.18. The molecule has 0 aliphatic carbocycles. The van der Waals surface area contributed by atoms with Crippen LogP contribution < -0.4 is 5.32 Å². The molecule has 0 spiro atoms. The number of hydrogen-bond donors (Lipinski definition) is 2. The Morgan fingerprint density at radius 3 is 2.49 bits per heavy atom. The Hall–Kier alpha value is -4.28. The number of amides is 1. The molecule has 212 valence electrons. The number of aromatic nitrogens is 2. The van der Waals surface area contributed by atoms with E-state index in [9.17, 15) is 23.5 Å². The second kappa shape index (κ2) is 11.3. The smallest absolute Gasteiger partial charge is 0.328 e. The van der Waals surface area contributed by atoms with E-state index in [4.69, 9.17) is 16.3 Å². The minimum atomic E-state index is -1.13. The van der Waals surface area contributed by atoms with E-state index >= 15 is 0 Å². The van der Waals surface area contributed by atoms with Crippen molar-refractivity contribution in [2.75, 3.05) is 18.5 Å². The minimum Gasteiger partial charge on any atom is -0.480 e. The molecule has 1 atom stereocenters. The lowest BCUT2D eigenvalue weighted by Gasteiger charge is -2.24. The minimum absolute atomic E-state index is 0.0230. The third-order valence-electron chi connectivity index (χ3n) is 6.85. The number of rotatable bonds is 9. The van der Waals surface area contributed by atoms with Crippen molar-refractivity contribution < 1.29 is 28.2 Å². The van der Waals surface area contributed by atoms with Crippen LogP contribution in [0.1, 0.15) is 31.2 Å². The maximum atomic E-state index is 14.2. The maximum absolute atomic E-state index is 14.2. The molecular weight excluding hydrogens is 554 g/mol. The highest BCUT2D eigenvalue weighted by molar-refractivity contribution is 6.30. The van der Waals surface area contributed by atoms with Crippen LogP contribution in [-0.2, 0) is 20.7 Å². The van der Waals surface area contributed by atoms with Crippen molar-refractivity contribution in [3.05, 3.63) is 101 Å². The number of anilines is 1. The number of nitrogens with zero attached hydrogens (tertiary/aromatic N) is 3. The molecule has 3 aromatic carbocycles. The molecule has 0 bridgehead atoms. The number of carboxylic acids is 1. The molecule has 4 aromatic rings. The number of carbonyl (C=O) groups is 2. The summed E-state index contributed by atoms with van der Waals surface area (Å²) in [6.07, 6.45) is 1.41. The fourth-order valence-electron chi connectivity index (χ4n) is 4.53. The molecular formula is C30H27ClF2N4O4. The van der Waals surface area contributed by atoms with E-state index < -0.39 is 29.4 Å². The topological polar surface area (TPSA) is 96.7 Å². The molecule has 2 heterocycles. The van der Waals surface area contributed by atoms with Crippen molar-refractivity contribution in [3.63, 3.8) is 0 Å². The highest BCUT2D eigenvalue weighted by atomic mass is 35.5. The van der Waals surface area contributed by atoms with Crippen LogP contribution in [0.5, 0.6) is 0 Å². The first kappa shape index (κ1) is 28.3. The molecule has 1 amide bonds. The zero-order chi connectivity index (χ0) is 29.3. The van der Waals surface area contributed by atoms with Gasteiger partial charge in [-0.3, -0.25) is 4.79 Å². The number of nitrogens with one attached hydrogen (secondary N) is 1. The van der Waals surface area contributed by atoms with Gasteiger partial charge in [-0.25, -0.2) is 18.3 Å². The molecule has 1 saturated heterocycles. The first-order chi connectivity index (χ1) is 19.5. The highest BCUT2D eigenvalue weighted by Gasteiger charge is 2.36. The predicted molar refractivity (Wildman–Crippen MR) is 150 cm³/mol. The molecule has 0 saturated carbocycles. The van der Waals surface area contributed by atoms with Gasteiger partial charge < -0.3 is 20.1 Å². The summed E-state index contributed by atoms with van der Waals surface area (Å²) in [6.45, 7) is 3.37. The lowest BCUT2D eigenvalue weighted by Crippen LogP contribution is -2.39. The van der Waals surface area contributed by atoms with E-state index in [0.29, 0.717) is 41.2 Å². The molecule has 1 aromatic heterocycles. The normalized spacial score (nSPS) is 15.4. The van der Waals surface area contributed by atoms with E-state index in [-0.39, 0.29) is 17.5 Å². The van der Waals surface area contributed by atoms with Gasteiger partial charge in [0.15, 0.2) is 6.23 Å². The summed E-state index contributed by atoms with van der Waals surface area (Å²) >= 11 is 5.86. The summed E-state index contributed by atoms with van der Waals surface area (Å²) < 4.78 is 35.3. The Morgan fingerprint density at radius 1 is 1.12 bits per heavy atom. The molecule has 1 fully saturated rings. The van der Waals surface area contributed by atoms with Gasteiger partial charge in [-0.15, -0.1) is 0 Å². The summed E-state index contributed by atoms with van der Waals surface area (Å²) in [7, 11) is 0. The molecule has 1 aliphatic heterocycles. The zero-order valence-corrected chi connectivity index (χ0v) is 23.0. The lowest BCUT2D eigenvalue weighted by atomic mass is 10.0. The number of carbonyl (C=O) groups excluding carboxylic acids is 1. The van der Waals surface area contributed by atoms with Gasteiger partial charge in [-0.1, -0.05) is 23.7 Å². The molecule has 1 aliphatic rings. The predicted octanol–water partition coefficient (Wildman–Crippen LogP) is 5.85. The summed E-state index contributed by atoms with van der Waals surface area (Å²) in [5, 5.41) is 16.9. The van der Waals surface area contributed by atoms with Crippen LogP contribution in [0.3, 0.4) is 0 Å². The van der Waals surface area contributed by atoms with Gasteiger partial charge in [0.25, 0.3) is 5.91 Å². The van der Waals surface area contributed by atoms with Gasteiger partial charge >= 0.3 is 5.97 Å². The van der Waals surface area contributed by atoms with Crippen molar-refractivity contribution in [2.45, 2.75) is 32.0 Å². The fourth-order valence-corrected chi connectivity index (χ4v) is 4.65. The first-order valence-electron chi connectivity index (χ1n) is 12.8. The summed E-state index contributed by atoms with van der Waals surface area (Å²) in [4.78, 5) is 25.9. The quantitative estimate of drug-likeness (QED) is 0.258. The Labute approximate surface area is 240 Å². The van der Waals surface area contributed by atoms with Crippen molar-refractivity contribution in [3.8, 4) is 16.9 Å². The van der Waals surface area contributed by atoms with E-state index in [1.165, 1.54) is 28.9 Å². The van der Waals surface area contributed by atoms with Crippen LogP contribution in [0.25, 0.3) is 16.9 Å². The second-order valence-electron chi connectivity index (χ2n) is 10.2. The van der Waals surface area contributed by atoms with E-state index in [1.54, 1.807) is 55.3 Å².